The van der Waals surface area contributed by atoms with Gasteiger partial charge in [-0.2, -0.15) is 0 Å². The Labute approximate surface area is 166 Å². The van der Waals surface area contributed by atoms with Gasteiger partial charge in [-0.25, -0.2) is 0 Å². The highest BCUT2D eigenvalue weighted by Gasteiger charge is 2.21. The molecule has 1 aromatic heterocycles. The summed E-state index contributed by atoms with van der Waals surface area (Å²) in [6.07, 6.45) is 1.94. The monoisotopic (exact) mass is 374 g/mol. The van der Waals surface area contributed by atoms with E-state index in [4.69, 9.17) is 9.47 Å². The number of hydrogen-bond donors (Lipinski definition) is 0. The molecular formula is C24H26N2O2. The van der Waals surface area contributed by atoms with E-state index in [-0.39, 0.29) is 6.10 Å². The van der Waals surface area contributed by atoms with Gasteiger partial charge in [0.2, 0.25) is 0 Å². The van der Waals surface area contributed by atoms with Gasteiger partial charge in [0.1, 0.15) is 18.5 Å². The maximum Gasteiger partial charge on any atom is 0.119 e. The second-order valence-corrected chi connectivity index (χ2v) is 7.23. The number of rotatable bonds is 6. The zero-order valence-corrected chi connectivity index (χ0v) is 16.3. The minimum atomic E-state index is 0.0972. The zero-order valence-electron chi connectivity index (χ0n) is 16.3. The van der Waals surface area contributed by atoms with E-state index in [1.165, 1.54) is 16.7 Å². The summed E-state index contributed by atoms with van der Waals surface area (Å²) in [6, 6.07) is 22.9. The average Bonchev–Trinajstić information content (AvgIpc) is 2.74. The maximum absolute atomic E-state index is 5.99. The first-order valence-corrected chi connectivity index (χ1v) is 9.80. The number of benzene rings is 2. The summed E-state index contributed by atoms with van der Waals surface area (Å²) in [6.45, 7) is 6.14. The molecule has 1 atom stereocenters. The molecule has 144 valence electrons. The van der Waals surface area contributed by atoms with Gasteiger partial charge in [-0.3, -0.25) is 9.88 Å². The Kier molecular flexibility index (Phi) is 6.00. The van der Waals surface area contributed by atoms with Gasteiger partial charge in [0.15, 0.2) is 0 Å². The first-order valence-electron chi connectivity index (χ1n) is 9.80. The van der Waals surface area contributed by atoms with Gasteiger partial charge in [-0.05, 0) is 47.9 Å². The van der Waals surface area contributed by atoms with Crippen molar-refractivity contribution in [3.05, 3.63) is 84.2 Å². The summed E-state index contributed by atoms with van der Waals surface area (Å²) >= 11 is 0. The number of pyridine rings is 1. The van der Waals surface area contributed by atoms with Crippen LogP contribution in [0.15, 0.2) is 72.9 Å². The smallest absolute Gasteiger partial charge is 0.119 e. The van der Waals surface area contributed by atoms with Crippen LogP contribution in [0.1, 0.15) is 11.3 Å². The van der Waals surface area contributed by atoms with Crippen molar-refractivity contribution in [3.8, 4) is 16.9 Å². The Morgan fingerprint density at radius 2 is 1.86 bits per heavy atom. The van der Waals surface area contributed by atoms with E-state index in [2.05, 4.69) is 58.4 Å². The van der Waals surface area contributed by atoms with Gasteiger partial charge in [-0.15, -0.1) is 0 Å². The van der Waals surface area contributed by atoms with Crippen LogP contribution >= 0.6 is 0 Å². The lowest BCUT2D eigenvalue weighted by Gasteiger charge is -2.32. The largest absolute Gasteiger partial charge is 0.491 e. The Balaban J connectivity index is 1.30. The SMILES string of the molecule is Cc1cc(-c2ccc(OCC3CN(Cc4ccccc4)CCO3)cc2)ccn1. The quantitative estimate of drug-likeness (QED) is 0.643. The Morgan fingerprint density at radius 1 is 1.04 bits per heavy atom. The average molecular weight is 374 g/mol. The summed E-state index contributed by atoms with van der Waals surface area (Å²) in [4.78, 5) is 6.69. The molecule has 0 N–H and O–H groups in total. The van der Waals surface area contributed by atoms with Gasteiger partial charge < -0.3 is 9.47 Å². The molecule has 0 spiro atoms. The minimum Gasteiger partial charge on any atom is -0.491 e. The number of aryl methyl sites for hydroxylation is 1. The van der Waals surface area contributed by atoms with E-state index in [1.807, 2.05) is 31.3 Å². The van der Waals surface area contributed by atoms with Crippen LogP contribution in [0.4, 0.5) is 0 Å². The number of morpholine rings is 1. The second kappa shape index (κ2) is 9.00. The van der Waals surface area contributed by atoms with Gasteiger partial charge in [0, 0.05) is 31.5 Å². The second-order valence-electron chi connectivity index (χ2n) is 7.23. The topological polar surface area (TPSA) is 34.6 Å². The van der Waals surface area contributed by atoms with Crippen LogP contribution in [0, 0.1) is 6.92 Å². The van der Waals surface area contributed by atoms with Crippen molar-refractivity contribution >= 4 is 0 Å². The van der Waals surface area contributed by atoms with Crippen LogP contribution in [0.25, 0.3) is 11.1 Å². The van der Waals surface area contributed by atoms with E-state index in [1.54, 1.807) is 0 Å². The Bertz CT molecular complexity index is 881. The van der Waals surface area contributed by atoms with E-state index < -0.39 is 0 Å². The predicted molar refractivity (Wildman–Crippen MR) is 111 cm³/mol. The standard InChI is InChI=1S/C24H26N2O2/c1-19-15-22(11-12-25-19)21-7-9-23(10-8-21)28-18-24-17-26(13-14-27-24)16-20-5-3-2-4-6-20/h2-12,15,24H,13-14,16-18H2,1H3. The number of hydrogen-bond acceptors (Lipinski definition) is 4. The van der Waals surface area contributed by atoms with Crippen LogP contribution in [-0.4, -0.2) is 42.3 Å². The third kappa shape index (κ3) is 4.97. The third-order valence-corrected chi connectivity index (χ3v) is 4.99. The molecule has 1 fully saturated rings. The molecule has 3 aromatic rings. The van der Waals surface area contributed by atoms with E-state index in [0.717, 1.165) is 37.7 Å². The van der Waals surface area contributed by atoms with E-state index in [0.29, 0.717) is 6.61 Å². The maximum atomic E-state index is 5.99. The van der Waals surface area contributed by atoms with Crippen molar-refractivity contribution < 1.29 is 9.47 Å². The molecule has 4 rings (SSSR count). The molecule has 4 heteroatoms. The van der Waals surface area contributed by atoms with Crippen molar-refractivity contribution in [2.45, 2.75) is 19.6 Å². The number of aromatic nitrogens is 1. The zero-order chi connectivity index (χ0) is 19.2. The summed E-state index contributed by atoms with van der Waals surface area (Å²) in [5.74, 6) is 0.873. The van der Waals surface area contributed by atoms with E-state index in [9.17, 15) is 0 Å². The summed E-state index contributed by atoms with van der Waals surface area (Å²) in [7, 11) is 0. The molecular weight excluding hydrogens is 348 g/mol. The third-order valence-electron chi connectivity index (χ3n) is 4.99. The molecule has 0 radical (unpaired) electrons. The lowest BCUT2D eigenvalue weighted by Crippen LogP contribution is -2.44. The molecule has 2 heterocycles. The fourth-order valence-electron chi connectivity index (χ4n) is 3.52. The van der Waals surface area contributed by atoms with Gasteiger partial charge >= 0.3 is 0 Å². The Morgan fingerprint density at radius 3 is 2.64 bits per heavy atom. The van der Waals surface area contributed by atoms with Gasteiger partial charge in [0.25, 0.3) is 0 Å². The number of ether oxygens (including phenoxy) is 2. The fourth-order valence-corrected chi connectivity index (χ4v) is 3.52. The fraction of sp³-hybridized carbons (Fsp3) is 0.292. The van der Waals surface area contributed by atoms with Crippen molar-refractivity contribution in [3.63, 3.8) is 0 Å². The molecule has 28 heavy (non-hydrogen) atoms. The molecule has 1 unspecified atom stereocenters. The lowest BCUT2D eigenvalue weighted by atomic mass is 10.1. The molecule has 1 saturated heterocycles. The van der Waals surface area contributed by atoms with Crippen molar-refractivity contribution in [2.24, 2.45) is 0 Å². The van der Waals surface area contributed by atoms with Crippen LogP contribution in [0.2, 0.25) is 0 Å². The highest BCUT2D eigenvalue weighted by Crippen LogP contribution is 2.23. The molecule has 0 aliphatic carbocycles. The highest BCUT2D eigenvalue weighted by molar-refractivity contribution is 5.64. The van der Waals surface area contributed by atoms with E-state index >= 15 is 0 Å². The predicted octanol–water partition coefficient (Wildman–Crippen LogP) is 4.34. The normalized spacial score (nSPS) is 17.4. The summed E-state index contributed by atoms with van der Waals surface area (Å²) in [5, 5.41) is 0. The van der Waals surface area contributed by atoms with Crippen molar-refractivity contribution in [1.82, 2.24) is 9.88 Å². The highest BCUT2D eigenvalue weighted by atomic mass is 16.5. The van der Waals surface area contributed by atoms with Crippen molar-refractivity contribution in [2.75, 3.05) is 26.3 Å². The van der Waals surface area contributed by atoms with Crippen molar-refractivity contribution in [1.29, 1.82) is 0 Å². The first-order chi connectivity index (χ1) is 13.8. The molecule has 0 saturated carbocycles. The molecule has 1 aliphatic heterocycles. The molecule has 2 aromatic carbocycles. The summed E-state index contributed by atoms with van der Waals surface area (Å²) < 4.78 is 11.9. The summed E-state index contributed by atoms with van der Waals surface area (Å²) in [5.41, 5.74) is 4.70. The van der Waals surface area contributed by atoms with Crippen LogP contribution < -0.4 is 4.74 Å². The minimum absolute atomic E-state index is 0.0972. The molecule has 0 bridgehead atoms. The van der Waals surface area contributed by atoms with Crippen LogP contribution in [0.3, 0.4) is 0 Å². The number of nitrogens with zero attached hydrogens (tertiary/aromatic N) is 2. The van der Waals surface area contributed by atoms with Gasteiger partial charge in [-0.1, -0.05) is 42.5 Å². The molecule has 1 aliphatic rings. The Hall–Kier alpha value is -2.69. The first kappa shape index (κ1) is 18.7. The van der Waals surface area contributed by atoms with Crippen LogP contribution in [-0.2, 0) is 11.3 Å². The van der Waals surface area contributed by atoms with Crippen LogP contribution in [0.5, 0.6) is 5.75 Å². The lowest BCUT2D eigenvalue weighted by molar-refractivity contribution is -0.0504. The van der Waals surface area contributed by atoms with Gasteiger partial charge in [0.05, 0.1) is 6.61 Å². The molecule has 0 amide bonds. The molecule has 4 nitrogen and oxygen atoms in total.